The summed E-state index contributed by atoms with van der Waals surface area (Å²) in [6, 6.07) is 0.636. The molecule has 15 heavy (non-hydrogen) atoms. The molecule has 1 heterocycles. The van der Waals surface area contributed by atoms with Crippen LogP contribution in [0.2, 0.25) is 0 Å². The molecule has 0 bridgehead atoms. The van der Waals surface area contributed by atoms with Crippen LogP contribution in [0, 0.1) is 5.92 Å². The third-order valence-corrected chi connectivity index (χ3v) is 3.15. The summed E-state index contributed by atoms with van der Waals surface area (Å²) in [4.78, 5) is 2.55. The molecule has 0 aliphatic carbocycles. The number of rotatable bonds is 5. The molecule has 0 spiro atoms. The highest BCUT2D eigenvalue weighted by Gasteiger charge is 2.18. The van der Waals surface area contributed by atoms with E-state index in [1.54, 1.807) is 0 Å². The molecule has 0 aromatic carbocycles. The van der Waals surface area contributed by atoms with E-state index in [2.05, 4.69) is 37.6 Å². The second-order valence-electron chi connectivity index (χ2n) is 5.17. The minimum Gasteiger partial charge on any atom is -0.317 e. The molecular weight excluding hydrogens is 184 g/mol. The number of hydrogen-bond donors (Lipinski definition) is 1. The summed E-state index contributed by atoms with van der Waals surface area (Å²) in [6.45, 7) is 15.4. The summed E-state index contributed by atoms with van der Waals surface area (Å²) in [6.07, 6.45) is 2.67. The average Bonchev–Trinajstić information content (AvgIpc) is 2.17. The Balaban J connectivity index is 2.38. The maximum atomic E-state index is 4.02. The highest BCUT2D eigenvalue weighted by molar-refractivity contribution is 4.93. The van der Waals surface area contributed by atoms with Crippen molar-refractivity contribution in [2.75, 3.05) is 26.2 Å². The molecule has 0 atom stereocenters. The lowest BCUT2D eigenvalue weighted by Gasteiger charge is -2.32. The van der Waals surface area contributed by atoms with E-state index in [1.807, 2.05) is 0 Å². The van der Waals surface area contributed by atoms with Crippen LogP contribution in [0.15, 0.2) is 12.2 Å². The molecule has 1 saturated heterocycles. The van der Waals surface area contributed by atoms with E-state index >= 15 is 0 Å². The van der Waals surface area contributed by atoms with Crippen molar-refractivity contribution in [2.24, 2.45) is 5.92 Å². The van der Waals surface area contributed by atoms with Gasteiger partial charge in [0.2, 0.25) is 0 Å². The first kappa shape index (κ1) is 12.7. The molecule has 88 valence electrons. The lowest BCUT2D eigenvalue weighted by molar-refractivity contribution is 0.182. The molecule has 1 aliphatic rings. The van der Waals surface area contributed by atoms with Crippen molar-refractivity contribution < 1.29 is 0 Å². The van der Waals surface area contributed by atoms with Crippen LogP contribution in [-0.4, -0.2) is 37.1 Å². The van der Waals surface area contributed by atoms with Crippen molar-refractivity contribution >= 4 is 0 Å². The molecule has 2 nitrogen and oxygen atoms in total. The summed E-state index contributed by atoms with van der Waals surface area (Å²) in [5.74, 6) is 0.882. The molecule has 2 heteroatoms. The van der Waals surface area contributed by atoms with Gasteiger partial charge in [0.15, 0.2) is 0 Å². The molecule has 0 saturated carbocycles. The Labute approximate surface area is 94.7 Å². The monoisotopic (exact) mass is 210 g/mol. The molecule has 0 unspecified atom stereocenters. The Morgan fingerprint density at radius 3 is 2.47 bits per heavy atom. The van der Waals surface area contributed by atoms with Crippen molar-refractivity contribution in [1.82, 2.24) is 10.2 Å². The predicted octanol–water partition coefficient (Wildman–Crippen LogP) is 2.27. The van der Waals surface area contributed by atoms with Crippen molar-refractivity contribution in [1.29, 1.82) is 0 Å². The van der Waals surface area contributed by atoms with Gasteiger partial charge in [-0.3, -0.25) is 4.90 Å². The zero-order valence-corrected chi connectivity index (χ0v) is 10.6. The van der Waals surface area contributed by atoms with Crippen molar-refractivity contribution in [3.8, 4) is 0 Å². The number of piperidine rings is 1. The summed E-state index contributed by atoms with van der Waals surface area (Å²) in [7, 11) is 0. The Kier molecular flexibility index (Phi) is 5.34. The van der Waals surface area contributed by atoms with Gasteiger partial charge in [0.25, 0.3) is 0 Å². The minimum atomic E-state index is 0.636. The zero-order chi connectivity index (χ0) is 11.3. The summed E-state index contributed by atoms with van der Waals surface area (Å²) in [5, 5.41) is 3.42. The normalized spacial score (nSPS) is 18.7. The Morgan fingerprint density at radius 2 is 2.00 bits per heavy atom. The number of nitrogens with one attached hydrogen (secondary N) is 1. The molecule has 0 aromatic rings. The Hall–Kier alpha value is -0.340. The lowest BCUT2D eigenvalue weighted by Crippen LogP contribution is -2.40. The van der Waals surface area contributed by atoms with Gasteiger partial charge in [-0.25, -0.2) is 0 Å². The third kappa shape index (κ3) is 4.80. The highest BCUT2D eigenvalue weighted by atomic mass is 15.1. The maximum absolute atomic E-state index is 4.02. The van der Waals surface area contributed by atoms with E-state index < -0.39 is 0 Å². The average molecular weight is 210 g/mol. The van der Waals surface area contributed by atoms with Crippen LogP contribution in [0.25, 0.3) is 0 Å². The van der Waals surface area contributed by atoms with Crippen molar-refractivity contribution in [3.63, 3.8) is 0 Å². The van der Waals surface area contributed by atoms with Gasteiger partial charge in [0.05, 0.1) is 0 Å². The molecular formula is C13H26N2. The quantitative estimate of drug-likeness (QED) is 0.700. The fourth-order valence-corrected chi connectivity index (χ4v) is 2.20. The fourth-order valence-electron chi connectivity index (χ4n) is 2.20. The third-order valence-electron chi connectivity index (χ3n) is 3.15. The summed E-state index contributed by atoms with van der Waals surface area (Å²) >= 11 is 0. The van der Waals surface area contributed by atoms with Gasteiger partial charge in [0.1, 0.15) is 0 Å². The molecule has 1 fully saturated rings. The summed E-state index contributed by atoms with van der Waals surface area (Å²) < 4.78 is 0. The first-order chi connectivity index (χ1) is 7.09. The van der Waals surface area contributed by atoms with Gasteiger partial charge in [-0.05, 0) is 52.6 Å². The van der Waals surface area contributed by atoms with E-state index in [0.717, 1.165) is 12.5 Å². The molecule has 1 rings (SSSR count). The number of nitrogens with zero attached hydrogens (tertiary/aromatic N) is 1. The van der Waals surface area contributed by atoms with Crippen molar-refractivity contribution in [2.45, 2.75) is 39.7 Å². The molecule has 0 amide bonds. The van der Waals surface area contributed by atoms with Crippen LogP contribution < -0.4 is 5.32 Å². The molecule has 0 radical (unpaired) electrons. The predicted molar refractivity (Wildman–Crippen MR) is 67.1 cm³/mol. The molecule has 1 N–H and O–H groups in total. The highest BCUT2D eigenvalue weighted by Crippen LogP contribution is 2.15. The zero-order valence-electron chi connectivity index (χ0n) is 10.6. The van der Waals surface area contributed by atoms with Gasteiger partial charge in [-0.2, -0.15) is 0 Å². The fraction of sp³-hybridized carbons (Fsp3) is 0.846. The van der Waals surface area contributed by atoms with E-state index in [-0.39, 0.29) is 0 Å². The smallest absolute Gasteiger partial charge is 0.0190 e. The van der Waals surface area contributed by atoms with E-state index in [9.17, 15) is 0 Å². The van der Waals surface area contributed by atoms with Crippen LogP contribution >= 0.6 is 0 Å². The van der Waals surface area contributed by atoms with Crippen LogP contribution in [0.1, 0.15) is 33.6 Å². The lowest BCUT2D eigenvalue weighted by atomic mass is 9.97. The van der Waals surface area contributed by atoms with Crippen LogP contribution in [0.4, 0.5) is 0 Å². The van der Waals surface area contributed by atoms with Gasteiger partial charge in [-0.15, -0.1) is 0 Å². The molecule has 0 aromatic heterocycles. The van der Waals surface area contributed by atoms with E-state index in [4.69, 9.17) is 0 Å². The van der Waals surface area contributed by atoms with Crippen LogP contribution in [-0.2, 0) is 0 Å². The van der Waals surface area contributed by atoms with Gasteiger partial charge in [0, 0.05) is 19.1 Å². The second-order valence-corrected chi connectivity index (χ2v) is 5.17. The van der Waals surface area contributed by atoms with Crippen LogP contribution in [0.5, 0.6) is 0 Å². The first-order valence-electron chi connectivity index (χ1n) is 6.18. The van der Waals surface area contributed by atoms with E-state index in [1.165, 1.54) is 38.0 Å². The number of hydrogen-bond acceptors (Lipinski definition) is 2. The largest absolute Gasteiger partial charge is 0.317 e. The Bertz CT molecular complexity index is 193. The topological polar surface area (TPSA) is 15.3 Å². The van der Waals surface area contributed by atoms with Crippen LogP contribution in [0.3, 0.4) is 0 Å². The van der Waals surface area contributed by atoms with Gasteiger partial charge >= 0.3 is 0 Å². The summed E-state index contributed by atoms with van der Waals surface area (Å²) in [5.41, 5.74) is 1.28. The molecule has 1 aliphatic heterocycles. The SMILES string of the molecule is C=C(C)CN(CC1CCNCC1)C(C)C. The second kappa shape index (κ2) is 6.29. The Morgan fingerprint density at radius 1 is 1.40 bits per heavy atom. The van der Waals surface area contributed by atoms with E-state index in [0.29, 0.717) is 6.04 Å². The standard InChI is InChI=1S/C13H26N2/c1-11(2)9-15(12(3)4)10-13-5-7-14-8-6-13/h12-14H,1,5-10H2,2-4H3. The van der Waals surface area contributed by atoms with Gasteiger partial charge < -0.3 is 5.32 Å². The minimum absolute atomic E-state index is 0.636. The first-order valence-corrected chi connectivity index (χ1v) is 6.18. The maximum Gasteiger partial charge on any atom is 0.0190 e. The van der Waals surface area contributed by atoms with Crippen molar-refractivity contribution in [3.05, 3.63) is 12.2 Å². The van der Waals surface area contributed by atoms with Gasteiger partial charge in [-0.1, -0.05) is 12.2 Å².